The minimum absolute atomic E-state index is 0.438. The van der Waals surface area contributed by atoms with Crippen LogP contribution in [0.4, 0.5) is 11.6 Å². The molecule has 0 aromatic carbocycles. The first-order chi connectivity index (χ1) is 8.28. The Kier molecular flexibility index (Phi) is 4.14. The van der Waals surface area contributed by atoms with Gasteiger partial charge in [-0.25, -0.2) is 9.97 Å². The van der Waals surface area contributed by atoms with Gasteiger partial charge in [-0.1, -0.05) is 6.92 Å². The van der Waals surface area contributed by atoms with E-state index < -0.39 is 0 Å². The van der Waals surface area contributed by atoms with Gasteiger partial charge in [-0.05, 0) is 19.3 Å². The average molecular weight is 236 g/mol. The summed E-state index contributed by atoms with van der Waals surface area (Å²) in [6.07, 6.45) is 3.94. The minimum atomic E-state index is 0.438. The maximum atomic E-state index is 5.78. The second-order valence-corrected chi connectivity index (χ2v) is 4.38. The second-order valence-electron chi connectivity index (χ2n) is 4.38. The largest absolute Gasteiger partial charge is 0.384 e. The highest BCUT2D eigenvalue weighted by Crippen LogP contribution is 2.15. The Morgan fingerprint density at radius 2 is 2.18 bits per heavy atom. The molecule has 2 heterocycles. The number of hydrogen-bond donors (Lipinski definition) is 2. The van der Waals surface area contributed by atoms with E-state index in [0.29, 0.717) is 11.9 Å². The molecule has 0 bridgehead atoms. The van der Waals surface area contributed by atoms with Crippen molar-refractivity contribution in [2.45, 2.75) is 38.6 Å². The zero-order valence-electron chi connectivity index (χ0n) is 10.3. The van der Waals surface area contributed by atoms with E-state index in [0.717, 1.165) is 50.5 Å². The summed E-state index contributed by atoms with van der Waals surface area (Å²) in [6.45, 7) is 3.75. The van der Waals surface area contributed by atoms with E-state index in [2.05, 4.69) is 22.2 Å². The van der Waals surface area contributed by atoms with Crippen molar-refractivity contribution in [1.29, 1.82) is 0 Å². The third-order valence-electron chi connectivity index (χ3n) is 2.84. The maximum absolute atomic E-state index is 5.78. The number of ether oxygens (including phenoxy) is 1. The van der Waals surface area contributed by atoms with Crippen LogP contribution in [0.15, 0.2) is 6.07 Å². The Morgan fingerprint density at radius 3 is 2.88 bits per heavy atom. The second kappa shape index (κ2) is 5.82. The number of aryl methyl sites for hydroxylation is 1. The first kappa shape index (κ1) is 12.1. The molecular weight excluding hydrogens is 216 g/mol. The van der Waals surface area contributed by atoms with E-state index in [1.54, 1.807) is 6.07 Å². The molecule has 2 rings (SSSR count). The van der Waals surface area contributed by atoms with E-state index >= 15 is 0 Å². The number of nitrogens with zero attached hydrogens (tertiary/aromatic N) is 2. The van der Waals surface area contributed by atoms with Gasteiger partial charge >= 0.3 is 0 Å². The maximum Gasteiger partial charge on any atom is 0.133 e. The fourth-order valence-corrected chi connectivity index (χ4v) is 1.98. The molecule has 0 radical (unpaired) electrons. The average Bonchev–Trinajstić information content (AvgIpc) is 2.30. The van der Waals surface area contributed by atoms with Gasteiger partial charge in [0.25, 0.3) is 0 Å². The Balaban J connectivity index is 2.03. The summed E-state index contributed by atoms with van der Waals surface area (Å²) in [5.74, 6) is 2.20. The van der Waals surface area contributed by atoms with Gasteiger partial charge < -0.3 is 15.8 Å². The summed E-state index contributed by atoms with van der Waals surface area (Å²) in [7, 11) is 0. The summed E-state index contributed by atoms with van der Waals surface area (Å²) < 4.78 is 5.33. The molecule has 0 amide bonds. The molecule has 94 valence electrons. The van der Waals surface area contributed by atoms with Crippen molar-refractivity contribution >= 4 is 11.6 Å². The first-order valence-corrected chi connectivity index (χ1v) is 6.25. The monoisotopic (exact) mass is 236 g/mol. The van der Waals surface area contributed by atoms with Crippen LogP contribution < -0.4 is 11.1 Å². The standard InChI is InChI=1S/C12H20N4O/c1-2-3-11-15-10(13)8-12(16-11)14-9-4-6-17-7-5-9/h8-9H,2-7H2,1H3,(H3,13,14,15,16). The highest BCUT2D eigenvalue weighted by atomic mass is 16.5. The van der Waals surface area contributed by atoms with Crippen LogP contribution in [0.25, 0.3) is 0 Å². The number of nitrogens with one attached hydrogen (secondary N) is 1. The van der Waals surface area contributed by atoms with Crippen molar-refractivity contribution < 1.29 is 4.74 Å². The molecule has 3 N–H and O–H groups in total. The molecule has 0 aliphatic carbocycles. The van der Waals surface area contributed by atoms with Crippen molar-refractivity contribution in [1.82, 2.24) is 9.97 Å². The van der Waals surface area contributed by atoms with E-state index in [-0.39, 0.29) is 0 Å². The van der Waals surface area contributed by atoms with Crippen molar-refractivity contribution in [3.63, 3.8) is 0 Å². The summed E-state index contributed by atoms with van der Waals surface area (Å²) in [5.41, 5.74) is 5.78. The molecular formula is C12H20N4O. The highest BCUT2D eigenvalue weighted by Gasteiger charge is 2.14. The quantitative estimate of drug-likeness (QED) is 0.830. The van der Waals surface area contributed by atoms with Gasteiger partial charge in [-0.3, -0.25) is 0 Å². The van der Waals surface area contributed by atoms with Gasteiger partial charge in [0, 0.05) is 31.7 Å². The Labute approximate surface area is 102 Å². The molecule has 0 atom stereocenters. The normalized spacial score (nSPS) is 17.0. The predicted molar refractivity (Wildman–Crippen MR) is 67.9 cm³/mol. The van der Waals surface area contributed by atoms with E-state index in [9.17, 15) is 0 Å². The van der Waals surface area contributed by atoms with Crippen LogP contribution in [0.1, 0.15) is 32.0 Å². The lowest BCUT2D eigenvalue weighted by Gasteiger charge is -2.23. The third-order valence-corrected chi connectivity index (χ3v) is 2.84. The lowest BCUT2D eigenvalue weighted by atomic mass is 10.1. The van der Waals surface area contributed by atoms with Crippen molar-refractivity contribution in [3.8, 4) is 0 Å². The van der Waals surface area contributed by atoms with E-state index in [1.807, 2.05) is 0 Å². The molecule has 0 spiro atoms. The van der Waals surface area contributed by atoms with Crippen LogP contribution in [0.3, 0.4) is 0 Å². The number of nitrogen functional groups attached to an aromatic ring is 1. The highest BCUT2D eigenvalue weighted by molar-refractivity contribution is 5.45. The number of aromatic nitrogens is 2. The van der Waals surface area contributed by atoms with Crippen LogP contribution in [0, 0.1) is 0 Å². The molecule has 0 saturated carbocycles. The predicted octanol–water partition coefficient (Wildman–Crippen LogP) is 1.60. The van der Waals surface area contributed by atoms with Gasteiger partial charge in [0.15, 0.2) is 0 Å². The smallest absolute Gasteiger partial charge is 0.133 e. The molecule has 1 saturated heterocycles. The summed E-state index contributed by atoms with van der Waals surface area (Å²) in [4.78, 5) is 8.69. The Hall–Kier alpha value is -1.36. The third kappa shape index (κ3) is 3.56. The van der Waals surface area contributed by atoms with Crippen LogP contribution in [0.2, 0.25) is 0 Å². The van der Waals surface area contributed by atoms with Gasteiger partial charge in [0.1, 0.15) is 17.5 Å². The molecule has 1 aliphatic heterocycles. The number of hydrogen-bond acceptors (Lipinski definition) is 5. The molecule has 17 heavy (non-hydrogen) atoms. The fourth-order valence-electron chi connectivity index (χ4n) is 1.98. The van der Waals surface area contributed by atoms with Crippen molar-refractivity contribution in [2.75, 3.05) is 24.3 Å². The fraction of sp³-hybridized carbons (Fsp3) is 0.667. The molecule has 1 aliphatic rings. The van der Waals surface area contributed by atoms with Gasteiger partial charge in [-0.2, -0.15) is 0 Å². The van der Waals surface area contributed by atoms with Crippen molar-refractivity contribution in [2.24, 2.45) is 0 Å². The number of anilines is 2. The molecule has 5 nitrogen and oxygen atoms in total. The lowest BCUT2D eigenvalue weighted by Crippen LogP contribution is -2.28. The Bertz CT molecular complexity index is 364. The first-order valence-electron chi connectivity index (χ1n) is 6.25. The van der Waals surface area contributed by atoms with Gasteiger partial charge in [0.05, 0.1) is 0 Å². The summed E-state index contributed by atoms with van der Waals surface area (Å²) in [5, 5.41) is 3.41. The van der Waals surface area contributed by atoms with Gasteiger partial charge in [-0.15, -0.1) is 0 Å². The minimum Gasteiger partial charge on any atom is -0.384 e. The van der Waals surface area contributed by atoms with Crippen molar-refractivity contribution in [3.05, 3.63) is 11.9 Å². The summed E-state index contributed by atoms with van der Waals surface area (Å²) >= 11 is 0. The number of rotatable bonds is 4. The number of nitrogens with two attached hydrogens (primary N) is 1. The molecule has 1 aromatic rings. The molecule has 1 aromatic heterocycles. The van der Waals surface area contributed by atoms with Crippen LogP contribution in [-0.2, 0) is 11.2 Å². The molecule has 0 unspecified atom stereocenters. The SMILES string of the molecule is CCCc1nc(N)cc(NC2CCOCC2)n1. The van der Waals surface area contributed by atoms with Crippen LogP contribution in [-0.4, -0.2) is 29.2 Å². The molecule has 5 heteroatoms. The topological polar surface area (TPSA) is 73.1 Å². The lowest BCUT2D eigenvalue weighted by molar-refractivity contribution is 0.0904. The van der Waals surface area contributed by atoms with E-state index in [1.165, 1.54) is 0 Å². The summed E-state index contributed by atoms with van der Waals surface area (Å²) in [6, 6.07) is 2.24. The molecule has 1 fully saturated rings. The van der Waals surface area contributed by atoms with E-state index in [4.69, 9.17) is 10.5 Å². The van der Waals surface area contributed by atoms with Crippen LogP contribution in [0.5, 0.6) is 0 Å². The Morgan fingerprint density at radius 1 is 1.41 bits per heavy atom. The zero-order chi connectivity index (χ0) is 12.1. The van der Waals surface area contributed by atoms with Crippen LogP contribution >= 0.6 is 0 Å². The van der Waals surface area contributed by atoms with Gasteiger partial charge in [0.2, 0.25) is 0 Å². The zero-order valence-corrected chi connectivity index (χ0v) is 10.3.